The zero-order valence-electron chi connectivity index (χ0n) is 8.58. The van der Waals surface area contributed by atoms with Crippen molar-refractivity contribution in [1.82, 2.24) is 10.2 Å². The van der Waals surface area contributed by atoms with Gasteiger partial charge in [0.05, 0.1) is 19.7 Å². The maximum Gasteiger partial charge on any atom is 0.240 e. The fourth-order valence-corrected chi connectivity index (χ4v) is 1.36. The van der Waals surface area contributed by atoms with Crippen LogP contribution in [-0.2, 0) is 14.3 Å². The van der Waals surface area contributed by atoms with Crippen LogP contribution in [0.3, 0.4) is 0 Å². The van der Waals surface area contributed by atoms with Crippen LogP contribution in [0, 0.1) is 0 Å². The SMILES string of the molecule is CCOCC(C)N1CC(=O)NC(=O)C1. The van der Waals surface area contributed by atoms with E-state index in [2.05, 4.69) is 5.32 Å². The van der Waals surface area contributed by atoms with Crippen molar-refractivity contribution < 1.29 is 14.3 Å². The number of hydrogen-bond donors (Lipinski definition) is 1. The van der Waals surface area contributed by atoms with Crippen LogP contribution in [0.25, 0.3) is 0 Å². The number of nitrogens with zero attached hydrogens (tertiary/aromatic N) is 1. The van der Waals surface area contributed by atoms with Gasteiger partial charge in [0.15, 0.2) is 0 Å². The van der Waals surface area contributed by atoms with E-state index < -0.39 is 0 Å². The Labute approximate surface area is 83.4 Å². The van der Waals surface area contributed by atoms with Crippen LogP contribution >= 0.6 is 0 Å². The number of rotatable bonds is 4. The zero-order valence-corrected chi connectivity index (χ0v) is 8.58. The molecule has 80 valence electrons. The summed E-state index contributed by atoms with van der Waals surface area (Å²) in [7, 11) is 0. The van der Waals surface area contributed by atoms with Crippen LogP contribution in [0.15, 0.2) is 0 Å². The average molecular weight is 200 g/mol. The molecule has 1 unspecified atom stereocenters. The van der Waals surface area contributed by atoms with E-state index in [0.29, 0.717) is 13.2 Å². The molecular formula is C9H16N2O3. The molecular weight excluding hydrogens is 184 g/mol. The Morgan fingerprint density at radius 3 is 2.50 bits per heavy atom. The molecule has 1 atom stereocenters. The summed E-state index contributed by atoms with van der Waals surface area (Å²) in [5, 5.41) is 2.26. The summed E-state index contributed by atoms with van der Waals surface area (Å²) >= 11 is 0. The van der Waals surface area contributed by atoms with Gasteiger partial charge in [-0.3, -0.25) is 19.8 Å². The predicted molar refractivity (Wildman–Crippen MR) is 50.7 cm³/mol. The van der Waals surface area contributed by atoms with Crippen LogP contribution in [-0.4, -0.2) is 49.1 Å². The van der Waals surface area contributed by atoms with E-state index in [4.69, 9.17) is 4.74 Å². The summed E-state index contributed by atoms with van der Waals surface area (Å²) in [4.78, 5) is 23.9. The maximum absolute atomic E-state index is 11.0. The summed E-state index contributed by atoms with van der Waals surface area (Å²) in [6, 6.07) is 0.102. The molecule has 0 radical (unpaired) electrons. The smallest absolute Gasteiger partial charge is 0.240 e. The van der Waals surface area contributed by atoms with Gasteiger partial charge in [0.1, 0.15) is 0 Å². The van der Waals surface area contributed by atoms with Gasteiger partial charge in [-0.1, -0.05) is 0 Å². The second kappa shape index (κ2) is 5.07. The second-order valence-corrected chi connectivity index (χ2v) is 3.38. The van der Waals surface area contributed by atoms with Crippen LogP contribution in [0.2, 0.25) is 0 Å². The van der Waals surface area contributed by atoms with Gasteiger partial charge in [0, 0.05) is 12.6 Å². The molecule has 0 saturated carbocycles. The molecule has 1 fully saturated rings. The van der Waals surface area contributed by atoms with Gasteiger partial charge in [0.2, 0.25) is 11.8 Å². The number of nitrogens with one attached hydrogen (secondary N) is 1. The normalized spacial score (nSPS) is 20.7. The summed E-state index contributed by atoms with van der Waals surface area (Å²) in [5.74, 6) is -0.464. The van der Waals surface area contributed by atoms with E-state index >= 15 is 0 Å². The lowest BCUT2D eigenvalue weighted by Gasteiger charge is -2.30. The molecule has 14 heavy (non-hydrogen) atoms. The third-order valence-electron chi connectivity index (χ3n) is 2.16. The summed E-state index contributed by atoms with van der Waals surface area (Å²) in [5.41, 5.74) is 0. The summed E-state index contributed by atoms with van der Waals surface area (Å²) in [6.45, 7) is 5.62. The minimum absolute atomic E-state index is 0.102. The van der Waals surface area contributed by atoms with Crippen LogP contribution < -0.4 is 5.32 Å². The number of piperazine rings is 1. The highest BCUT2D eigenvalue weighted by molar-refractivity contribution is 5.99. The van der Waals surface area contributed by atoms with Gasteiger partial charge in [-0.05, 0) is 13.8 Å². The van der Waals surface area contributed by atoms with Gasteiger partial charge in [-0.15, -0.1) is 0 Å². The molecule has 1 heterocycles. The Bertz CT molecular complexity index is 214. The third kappa shape index (κ3) is 3.08. The van der Waals surface area contributed by atoms with Crippen molar-refractivity contribution in [1.29, 1.82) is 0 Å². The minimum Gasteiger partial charge on any atom is -0.380 e. The number of amides is 2. The number of carbonyl (C=O) groups is 2. The van der Waals surface area contributed by atoms with E-state index in [9.17, 15) is 9.59 Å². The van der Waals surface area contributed by atoms with E-state index in [0.717, 1.165) is 0 Å². The zero-order chi connectivity index (χ0) is 10.6. The lowest BCUT2D eigenvalue weighted by Crippen LogP contribution is -2.54. The van der Waals surface area contributed by atoms with Crippen molar-refractivity contribution in [2.24, 2.45) is 0 Å². The molecule has 0 aromatic rings. The first-order chi connectivity index (χ1) is 6.63. The van der Waals surface area contributed by atoms with Gasteiger partial charge < -0.3 is 4.74 Å². The minimum atomic E-state index is -0.232. The second-order valence-electron chi connectivity index (χ2n) is 3.38. The molecule has 1 N–H and O–H groups in total. The maximum atomic E-state index is 11.0. The Balaban J connectivity index is 2.42. The fraction of sp³-hybridized carbons (Fsp3) is 0.778. The lowest BCUT2D eigenvalue weighted by molar-refractivity contribution is -0.137. The quantitative estimate of drug-likeness (QED) is 0.614. The monoisotopic (exact) mass is 200 g/mol. The summed E-state index contributed by atoms with van der Waals surface area (Å²) in [6.07, 6.45) is 0. The number of hydrogen-bond acceptors (Lipinski definition) is 4. The molecule has 0 bridgehead atoms. The Morgan fingerprint density at radius 1 is 1.43 bits per heavy atom. The Hall–Kier alpha value is -0.940. The van der Waals surface area contributed by atoms with Crippen molar-refractivity contribution >= 4 is 11.8 Å². The van der Waals surface area contributed by atoms with Crippen molar-refractivity contribution in [2.45, 2.75) is 19.9 Å². The van der Waals surface area contributed by atoms with Crippen molar-refractivity contribution in [3.63, 3.8) is 0 Å². The molecule has 1 aliphatic heterocycles. The molecule has 1 saturated heterocycles. The molecule has 0 spiro atoms. The predicted octanol–water partition coefficient (Wildman–Crippen LogP) is -0.630. The third-order valence-corrected chi connectivity index (χ3v) is 2.16. The first kappa shape index (κ1) is 11.1. The molecule has 0 aromatic carbocycles. The standard InChI is InChI=1S/C9H16N2O3/c1-3-14-6-7(2)11-4-8(12)10-9(13)5-11/h7H,3-6H2,1-2H3,(H,10,12,13). The van der Waals surface area contributed by atoms with Crippen LogP contribution in [0.4, 0.5) is 0 Å². The average Bonchev–Trinajstić information content (AvgIpc) is 2.12. The summed E-state index contributed by atoms with van der Waals surface area (Å²) < 4.78 is 5.23. The first-order valence-electron chi connectivity index (χ1n) is 4.78. The number of carbonyl (C=O) groups excluding carboxylic acids is 2. The van der Waals surface area contributed by atoms with Crippen LogP contribution in [0.1, 0.15) is 13.8 Å². The molecule has 1 rings (SSSR count). The first-order valence-corrected chi connectivity index (χ1v) is 4.78. The van der Waals surface area contributed by atoms with E-state index in [-0.39, 0.29) is 30.9 Å². The van der Waals surface area contributed by atoms with Crippen molar-refractivity contribution in [3.05, 3.63) is 0 Å². The molecule has 0 aromatic heterocycles. The van der Waals surface area contributed by atoms with Gasteiger partial charge >= 0.3 is 0 Å². The largest absolute Gasteiger partial charge is 0.380 e. The number of ether oxygens (including phenoxy) is 1. The topological polar surface area (TPSA) is 58.6 Å². The molecule has 0 aliphatic carbocycles. The van der Waals surface area contributed by atoms with E-state index in [1.165, 1.54) is 0 Å². The number of imide groups is 1. The lowest BCUT2D eigenvalue weighted by atomic mass is 10.2. The van der Waals surface area contributed by atoms with Gasteiger partial charge in [-0.25, -0.2) is 0 Å². The molecule has 5 nitrogen and oxygen atoms in total. The fourth-order valence-electron chi connectivity index (χ4n) is 1.36. The Morgan fingerprint density at radius 2 is 2.00 bits per heavy atom. The van der Waals surface area contributed by atoms with Gasteiger partial charge in [-0.2, -0.15) is 0 Å². The molecule has 2 amide bonds. The van der Waals surface area contributed by atoms with E-state index in [1.807, 2.05) is 18.7 Å². The van der Waals surface area contributed by atoms with E-state index in [1.54, 1.807) is 0 Å². The van der Waals surface area contributed by atoms with Crippen LogP contribution in [0.5, 0.6) is 0 Å². The Kier molecular flexibility index (Phi) is 4.03. The highest BCUT2D eigenvalue weighted by Crippen LogP contribution is 2.02. The van der Waals surface area contributed by atoms with Crippen molar-refractivity contribution in [3.8, 4) is 0 Å². The van der Waals surface area contributed by atoms with Gasteiger partial charge in [0.25, 0.3) is 0 Å². The molecule has 1 aliphatic rings. The van der Waals surface area contributed by atoms with Crippen molar-refractivity contribution in [2.75, 3.05) is 26.3 Å². The molecule has 5 heteroatoms. The highest BCUT2D eigenvalue weighted by atomic mass is 16.5. The highest BCUT2D eigenvalue weighted by Gasteiger charge is 2.25.